The van der Waals surface area contributed by atoms with Gasteiger partial charge in [-0.2, -0.15) is 0 Å². The molecule has 8 heteroatoms. The Bertz CT molecular complexity index is 1130. The van der Waals surface area contributed by atoms with E-state index >= 15 is 0 Å². The largest absolute Gasteiger partial charge is 0.419 e. The summed E-state index contributed by atoms with van der Waals surface area (Å²) in [7, 11) is -2.42. The average molecular weight is 381 g/mol. The third kappa shape index (κ3) is 3.05. The fourth-order valence-electron chi connectivity index (χ4n) is 2.69. The minimum Gasteiger partial charge on any atom is -0.408 e. The maximum atomic E-state index is 12.9. The molecule has 1 N–H and O–H groups in total. The molecule has 3 rings (SSSR count). The van der Waals surface area contributed by atoms with Crippen LogP contribution in [-0.4, -0.2) is 13.0 Å². The number of sulfonamides is 1. The molecular weight excluding hydrogens is 364 g/mol. The molecule has 132 valence electrons. The van der Waals surface area contributed by atoms with E-state index in [-0.39, 0.29) is 15.5 Å². The van der Waals surface area contributed by atoms with Crippen LogP contribution in [0.4, 0.5) is 5.69 Å². The van der Waals surface area contributed by atoms with Gasteiger partial charge in [0.25, 0.3) is 10.0 Å². The van der Waals surface area contributed by atoms with E-state index in [0.717, 1.165) is 11.1 Å². The molecule has 0 aliphatic carbocycles. The van der Waals surface area contributed by atoms with E-state index in [4.69, 9.17) is 16.0 Å². The van der Waals surface area contributed by atoms with Crippen LogP contribution >= 0.6 is 11.6 Å². The SMILES string of the molecule is CCc1cccc(C)c1NS(=O)(=O)c1cc2oc(=O)n(C)c2cc1Cl. The van der Waals surface area contributed by atoms with Crippen molar-refractivity contribution in [1.29, 1.82) is 0 Å². The van der Waals surface area contributed by atoms with Gasteiger partial charge in [0.15, 0.2) is 5.58 Å². The minimum atomic E-state index is -3.95. The number of anilines is 1. The van der Waals surface area contributed by atoms with Crippen molar-refractivity contribution in [2.75, 3.05) is 4.72 Å². The lowest BCUT2D eigenvalue weighted by atomic mass is 10.1. The molecule has 1 heterocycles. The van der Waals surface area contributed by atoms with Gasteiger partial charge < -0.3 is 4.42 Å². The van der Waals surface area contributed by atoms with Gasteiger partial charge in [0.05, 0.1) is 16.2 Å². The van der Waals surface area contributed by atoms with Gasteiger partial charge in [-0.1, -0.05) is 36.7 Å². The number of para-hydroxylation sites is 1. The number of fused-ring (bicyclic) bond motifs is 1. The van der Waals surface area contributed by atoms with Gasteiger partial charge in [0.2, 0.25) is 0 Å². The van der Waals surface area contributed by atoms with E-state index in [1.165, 1.54) is 23.7 Å². The molecule has 0 atom stereocenters. The van der Waals surface area contributed by atoms with Crippen molar-refractivity contribution in [3.05, 3.63) is 57.0 Å². The summed E-state index contributed by atoms with van der Waals surface area (Å²) in [5.74, 6) is -0.583. The summed E-state index contributed by atoms with van der Waals surface area (Å²) in [5.41, 5.74) is 2.82. The highest BCUT2D eigenvalue weighted by atomic mass is 35.5. The lowest BCUT2D eigenvalue weighted by Gasteiger charge is -2.15. The summed E-state index contributed by atoms with van der Waals surface area (Å²) in [6, 6.07) is 8.26. The minimum absolute atomic E-state index is 0.0167. The van der Waals surface area contributed by atoms with Crippen LogP contribution in [0, 0.1) is 6.92 Å². The Morgan fingerprint density at radius 3 is 2.68 bits per heavy atom. The normalized spacial score (nSPS) is 11.8. The van der Waals surface area contributed by atoms with Crippen molar-refractivity contribution in [3.63, 3.8) is 0 Å². The second-order valence-corrected chi connectivity index (χ2v) is 7.80. The third-order valence-corrected chi connectivity index (χ3v) is 5.93. The summed E-state index contributed by atoms with van der Waals surface area (Å²) >= 11 is 6.17. The van der Waals surface area contributed by atoms with Crippen LogP contribution in [-0.2, 0) is 23.5 Å². The summed E-state index contributed by atoms with van der Waals surface area (Å²) < 4.78 is 34.7. The van der Waals surface area contributed by atoms with Gasteiger partial charge in [0, 0.05) is 13.1 Å². The highest BCUT2D eigenvalue weighted by Gasteiger charge is 2.22. The van der Waals surface area contributed by atoms with E-state index in [9.17, 15) is 13.2 Å². The standard InChI is InChI=1S/C17H17ClN2O4S/c1-4-11-7-5-6-10(2)16(11)19-25(22,23)15-9-14-13(8-12(15)18)20(3)17(21)24-14/h5-9,19H,4H2,1-3H3. The Labute approximate surface area is 150 Å². The van der Waals surface area contributed by atoms with Gasteiger partial charge >= 0.3 is 5.76 Å². The molecule has 0 bridgehead atoms. The molecule has 0 aliphatic rings. The van der Waals surface area contributed by atoms with Crippen molar-refractivity contribution in [1.82, 2.24) is 4.57 Å². The maximum Gasteiger partial charge on any atom is 0.419 e. The molecule has 6 nitrogen and oxygen atoms in total. The second kappa shape index (κ2) is 6.24. The van der Waals surface area contributed by atoms with Crippen molar-refractivity contribution >= 4 is 38.4 Å². The van der Waals surface area contributed by atoms with Crippen LogP contribution in [0.1, 0.15) is 18.1 Å². The van der Waals surface area contributed by atoms with Crippen LogP contribution in [0.15, 0.2) is 44.4 Å². The van der Waals surface area contributed by atoms with Gasteiger partial charge in [-0.05, 0) is 30.5 Å². The molecule has 1 aromatic heterocycles. The maximum absolute atomic E-state index is 12.9. The highest BCUT2D eigenvalue weighted by Crippen LogP contribution is 2.30. The van der Waals surface area contributed by atoms with Crippen molar-refractivity contribution in [2.24, 2.45) is 7.05 Å². The summed E-state index contributed by atoms with van der Waals surface area (Å²) in [4.78, 5) is 11.5. The fraction of sp³-hybridized carbons (Fsp3) is 0.235. The lowest BCUT2D eigenvalue weighted by Crippen LogP contribution is -2.15. The number of benzene rings is 2. The van der Waals surface area contributed by atoms with Crippen LogP contribution in [0.3, 0.4) is 0 Å². The Morgan fingerprint density at radius 1 is 1.28 bits per heavy atom. The zero-order valence-electron chi connectivity index (χ0n) is 14.0. The van der Waals surface area contributed by atoms with Gasteiger partial charge in [-0.3, -0.25) is 9.29 Å². The topological polar surface area (TPSA) is 81.3 Å². The fourth-order valence-corrected chi connectivity index (χ4v) is 4.40. The summed E-state index contributed by atoms with van der Waals surface area (Å²) in [6.07, 6.45) is 0.680. The van der Waals surface area contributed by atoms with Crippen LogP contribution in [0.5, 0.6) is 0 Å². The first-order chi connectivity index (χ1) is 11.7. The molecule has 0 fully saturated rings. The first kappa shape index (κ1) is 17.6. The number of rotatable bonds is 4. The summed E-state index contributed by atoms with van der Waals surface area (Å²) in [5, 5.41) is 0.0167. The number of aromatic nitrogens is 1. The third-order valence-electron chi connectivity index (χ3n) is 4.11. The zero-order valence-corrected chi connectivity index (χ0v) is 15.5. The molecule has 0 aliphatic heterocycles. The van der Waals surface area contributed by atoms with E-state index < -0.39 is 15.8 Å². The summed E-state index contributed by atoms with van der Waals surface area (Å²) in [6.45, 7) is 3.78. The molecule has 0 saturated carbocycles. The van der Waals surface area contributed by atoms with Crippen molar-refractivity contribution < 1.29 is 12.8 Å². The Kier molecular flexibility index (Phi) is 4.38. The lowest BCUT2D eigenvalue weighted by molar-refractivity contribution is 0.527. The molecule has 0 amide bonds. The second-order valence-electron chi connectivity index (χ2n) is 5.75. The quantitative estimate of drug-likeness (QED) is 0.751. The van der Waals surface area contributed by atoms with Crippen molar-refractivity contribution in [2.45, 2.75) is 25.2 Å². The zero-order chi connectivity index (χ0) is 18.4. The molecule has 0 unspecified atom stereocenters. The molecule has 3 aromatic rings. The molecule has 2 aromatic carbocycles. The Morgan fingerprint density at radius 2 is 2.00 bits per heavy atom. The number of hydrogen-bond donors (Lipinski definition) is 1. The van der Waals surface area contributed by atoms with Crippen molar-refractivity contribution in [3.8, 4) is 0 Å². The number of nitrogens with zero attached hydrogens (tertiary/aromatic N) is 1. The number of hydrogen-bond acceptors (Lipinski definition) is 4. The van der Waals surface area contributed by atoms with Gasteiger partial charge in [-0.15, -0.1) is 0 Å². The van der Waals surface area contributed by atoms with E-state index in [0.29, 0.717) is 17.6 Å². The number of nitrogens with one attached hydrogen (secondary N) is 1. The molecular formula is C17H17ClN2O4S. The molecule has 0 radical (unpaired) electrons. The Balaban J connectivity index is 2.14. The molecule has 0 spiro atoms. The Hall–Kier alpha value is -2.25. The number of oxazole rings is 1. The molecule has 0 saturated heterocycles. The van der Waals surface area contributed by atoms with Gasteiger partial charge in [0.1, 0.15) is 4.90 Å². The average Bonchev–Trinajstić information content (AvgIpc) is 2.83. The van der Waals surface area contributed by atoms with Gasteiger partial charge in [-0.25, -0.2) is 13.2 Å². The monoisotopic (exact) mass is 380 g/mol. The van der Waals surface area contributed by atoms with E-state index in [2.05, 4.69) is 4.72 Å². The van der Waals surface area contributed by atoms with E-state index in [1.54, 1.807) is 0 Å². The highest BCUT2D eigenvalue weighted by molar-refractivity contribution is 7.92. The predicted octanol–water partition coefficient (Wildman–Crippen LogP) is 3.46. The number of halogens is 1. The van der Waals surface area contributed by atoms with Crippen LogP contribution in [0.25, 0.3) is 11.1 Å². The van der Waals surface area contributed by atoms with Crippen LogP contribution < -0.4 is 10.5 Å². The predicted molar refractivity (Wildman–Crippen MR) is 97.8 cm³/mol. The first-order valence-electron chi connectivity index (χ1n) is 7.65. The smallest absolute Gasteiger partial charge is 0.408 e. The molecule has 25 heavy (non-hydrogen) atoms. The number of aryl methyl sites for hydroxylation is 3. The van der Waals surface area contributed by atoms with E-state index in [1.807, 2.05) is 32.0 Å². The van der Waals surface area contributed by atoms with Crippen LogP contribution in [0.2, 0.25) is 5.02 Å². The first-order valence-corrected chi connectivity index (χ1v) is 9.51.